The lowest BCUT2D eigenvalue weighted by atomic mass is 9.93. The Labute approximate surface area is 101 Å². The quantitative estimate of drug-likeness (QED) is 0.531. The monoisotopic (exact) mass is 318 g/mol. The van der Waals surface area contributed by atoms with Crippen molar-refractivity contribution in [3.8, 4) is 0 Å². The summed E-state index contributed by atoms with van der Waals surface area (Å²) in [5.74, 6) is 0.724. The highest BCUT2D eigenvalue weighted by Crippen LogP contribution is 2.34. The van der Waals surface area contributed by atoms with E-state index in [2.05, 4.69) is 43.4 Å². The molecule has 0 aromatic rings. The number of alkyl halides is 2. The standard InChI is InChI=1S/C10H20ClIO/c1-5-13-9(2,3)8-10(4,12)6-7-11/h5-8H2,1-4H3. The smallest absolute Gasteiger partial charge is 0.0638 e. The Balaban J connectivity index is 4.07. The van der Waals surface area contributed by atoms with Gasteiger partial charge in [0.25, 0.3) is 0 Å². The van der Waals surface area contributed by atoms with Crippen LogP contribution in [-0.2, 0) is 4.74 Å². The second kappa shape index (κ2) is 5.76. The summed E-state index contributed by atoms with van der Waals surface area (Å²) >= 11 is 8.22. The first kappa shape index (κ1) is 14.0. The molecular weight excluding hydrogens is 298 g/mol. The fourth-order valence-electron chi connectivity index (χ4n) is 1.61. The van der Waals surface area contributed by atoms with Crippen molar-refractivity contribution in [1.29, 1.82) is 0 Å². The zero-order valence-electron chi connectivity index (χ0n) is 8.99. The Morgan fingerprint density at radius 3 is 2.23 bits per heavy atom. The van der Waals surface area contributed by atoms with Gasteiger partial charge in [0.05, 0.1) is 5.60 Å². The lowest BCUT2D eigenvalue weighted by Gasteiger charge is -2.33. The van der Waals surface area contributed by atoms with Gasteiger partial charge in [0, 0.05) is 15.9 Å². The van der Waals surface area contributed by atoms with E-state index >= 15 is 0 Å². The minimum Gasteiger partial charge on any atom is -0.376 e. The van der Waals surface area contributed by atoms with Crippen molar-refractivity contribution < 1.29 is 4.74 Å². The van der Waals surface area contributed by atoms with Crippen molar-refractivity contribution in [1.82, 2.24) is 0 Å². The molecule has 0 aromatic carbocycles. The summed E-state index contributed by atoms with van der Waals surface area (Å²) in [6.45, 7) is 9.33. The highest BCUT2D eigenvalue weighted by molar-refractivity contribution is 14.1. The van der Waals surface area contributed by atoms with Crippen molar-refractivity contribution in [3.63, 3.8) is 0 Å². The van der Waals surface area contributed by atoms with E-state index in [4.69, 9.17) is 16.3 Å². The number of hydrogen-bond donors (Lipinski definition) is 0. The van der Waals surface area contributed by atoms with Crippen LogP contribution in [0.5, 0.6) is 0 Å². The summed E-state index contributed by atoms with van der Waals surface area (Å²) in [6, 6.07) is 0. The molecule has 80 valence electrons. The van der Waals surface area contributed by atoms with Crippen molar-refractivity contribution in [2.45, 2.75) is 49.6 Å². The molecule has 1 nitrogen and oxygen atoms in total. The molecule has 0 saturated heterocycles. The third-order valence-corrected chi connectivity index (χ3v) is 3.05. The second-order valence-corrected chi connectivity index (χ2v) is 7.20. The van der Waals surface area contributed by atoms with Crippen LogP contribution in [0, 0.1) is 0 Å². The number of halogens is 2. The van der Waals surface area contributed by atoms with E-state index in [1.54, 1.807) is 0 Å². The summed E-state index contributed by atoms with van der Waals surface area (Å²) in [5.41, 5.74) is -0.0310. The van der Waals surface area contributed by atoms with Crippen molar-refractivity contribution in [2.75, 3.05) is 12.5 Å². The van der Waals surface area contributed by atoms with Gasteiger partial charge in [-0.2, -0.15) is 0 Å². The molecule has 0 aromatic heterocycles. The van der Waals surface area contributed by atoms with Crippen LogP contribution in [0.4, 0.5) is 0 Å². The molecular formula is C10H20ClIO. The molecule has 13 heavy (non-hydrogen) atoms. The third-order valence-electron chi connectivity index (χ3n) is 1.95. The lowest BCUT2D eigenvalue weighted by Crippen LogP contribution is -2.33. The fraction of sp³-hybridized carbons (Fsp3) is 1.00. The molecule has 0 saturated carbocycles. The summed E-state index contributed by atoms with van der Waals surface area (Å²) in [5, 5.41) is 0. The maximum Gasteiger partial charge on any atom is 0.0638 e. The Morgan fingerprint density at radius 1 is 1.31 bits per heavy atom. The molecule has 0 bridgehead atoms. The molecule has 0 N–H and O–H groups in total. The minimum atomic E-state index is -0.0310. The van der Waals surface area contributed by atoms with Crippen LogP contribution in [0.3, 0.4) is 0 Å². The number of rotatable bonds is 6. The van der Waals surface area contributed by atoms with Crippen LogP contribution < -0.4 is 0 Å². The first-order chi connectivity index (χ1) is 5.83. The SMILES string of the molecule is CCOC(C)(C)CC(C)(I)CCCl. The highest BCUT2D eigenvalue weighted by atomic mass is 127. The zero-order chi connectivity index (χ0) is 10.5. The van der Waals surface area contributed by atoms with E-state index in [9.17, 15) is 0 Å². The molecule has 0 aliphatic heterocycles. The topological polar surface area (TPSA) is 9.23 Å². The van der Waals surface area contributed by atoms with Gasteiger partial charge < -0.3 is 4.74 Å². The summed E-state index contributed by atoms with van der Waals surface area (Å²) < 4.78 is 5.91. The summed E-state index contributed by atoms with van der Waals surface area (Å²) in [7, 11) is 0. The van der Waals surface area contributed by atoms with Gasteiger partial charge in [-0.05, 0) is 33.6 Å². The van der Waals surface area contributed by atoms with E-state index in [0.29, 0.717) is 0 Å². The average molecular weight is 319 g/mol. The molecule has 3 heteroatoms. The summed E-state index contributed by atoms with van der Waals surface area (Å²) in [4.78, 5) is 0. The van der Waals surface area contributed by atoms with Crippen molar-refractivity contribution in [2.24, 2.45) is 0 Å². The Bertz CT molecular complexity index is 130. The van der Waals surface area contributed by atoms with E-state index < -0.39 is 0 Å². The van der Waals surface area contributed by atoms with Gasteiger partial charge in [-0.15, -0.1) is 11.6 Å². The normalized spacial score (nSPS) is 17.1. The van der Waals surface area contributed by atoms with E-state index in [0.717, 1.165) is 25.3 Å². The van der Waals surface area contributed by atoms with Gasteiger partial charge in [0.15, 0.2) is 0 Å². The number of hydrogen-bond acceptors (Lipinski definition) is 1. The van der Waals surface area contributed by atoms with Gasteiger partial charge in [-0.25, -0.2) is 0 Å². The maximum absolute atomic E-state index is 5.75. The predicted octanol–water partition coefficient (Wildman–Crippen LogP) is 4.01. The predicted molar refractivity (Wildman–Crippen MR) is 68.1 cm³/mol. The first-order valence-electron chi connectivity index (χ1n) is 4.72. The third kappa shape index (κ3) is 6.97. The van der Waals surface area contributed by atoms with Crippen LogP contribution in [0.1, 0.15) is 40.5 Å². The minimum absolute atomic E-state index is 0.0310. The van der Waals surface area contributed by atoms with E-state index in [1.807, 2.05) is 6.92 Å². The average Bonchev–Trinajstić information content (AvgIpc) is 1.82. The first-order valence-corrected chi connectivity index (χ1v) is 6.33. The largest absolute Gasteiger partial charge is 0.376 e. The van der Waals surface area contributed by atoms with Crippen LogP contribution >= 0.6 is 34.2 Å². The highest BCUT2D eigenvalue weighted by Gasteiger charge is 2.29. The Kier molecular flexibility index (Phi) is 6.20. The van der Waals surface area contributed by atoms with E-state index in [1.165, 1.54) is 0 Å². The van der Waals surface area contributed by atoms with Crippen LogP contribution in [-0.4, -0.2) is 21.5 Å². The van der Waals surface area contributed by atoms with Gasteiger partial charge >= 0.3 is 0 Å². The molecule has 0 spiro atoms. The Morgan fingerprint density at radius 2 is 1.85 bits per heavy atom. The van der Waals surface area contributed by atoms with Gasteiger partial charge in [-0.1, -0.05) is 29.5 Å². The molecule has 0 heterocycles. The fourth-order valence-corrected chi connectivity index (χ4v) is 3.54. The zero-order valence-corrected chi connectivity index (χ0v) is 11.9. The van der Waals surface area contributed by atoms with Crippen molar-refractivity contribution in [3.05, 3.63) is 0 Å². The number of ether oxygens (including phenoxy) is 1. The molecule has 0 fully saturated rings. The molecule has 0 aliphatic carbocycles. The lowest BCUT2D eigenvalue weighted by molar-refractivity contribution is -0.0211. The molecule has 0 amide bonds. The Hall–Kier alpha value is 0.980. The van der Waals surface area contributed by atoms with Gasteiger partial charge in [-0.3, -0.25) is 0 Å². The van der Waals surface area contributed by atoms with Gasteiger partial charge in [0.1, 0.15) is 0 Å². The van der Waals surface area contributed by atoms with Crippen LogP contribution in [0.15, 0.2) is 0 Å². The molecule has 0 rings (SSSR count). The van der Waals surface area contributed by atoms with Crippen molar-refractivity contribution >= 4 is 34.2 Å². The summed E-state index contributed by atoms with van der Waals surface area (Å²) in [6.07, 6.45) is 2.08. The molecule has 1 atom stereocenters. The molecule has 1 unspecified atom stereocenters. The van der Waals surface area contributed by atoms with Crippen LogP contribution in [0.2, 0.25) is 0 Å². The molecule has 0 aliphatic rings. The molecule has 0 radical (unpaired) electrons. The second-order valence-electron chi connectivity index (χ2n) is 4.22. The van der Waals surface area contributed by atoms with Crippen LogP contribution in [0.25, 0.3) is 0 Å². The van der Waals surface area contributed by atoms with Gasteiger partial charge in [0.2, 0.25) is 0 Å². The van der Waals surface area contributed by atoms with E-state index in [-0.39, 0.29) is 9.02 Å². The maximum atomic E-state index is 5.75.